The van der Waals surface area contributed by atoms with E-state index in [9.17, 15) is 8.42 Å². The van der Waals surface area contributed by atoms with Gasteiger partial charge in [-0.3, -0.25) is 4.90 Å². The van der Waals surface area contributed by atoms with Crippen LogP contribution in [0.3, 0.4) is 0 Å². The summed E-state index contributed by atoms with van der Waals surface area (Å²) in [6.07, 6.45) is 1.87. The summed E-state index contributed by atoms with van der Waals surface area (Å²) >= 11 is 0. The van der Waals surface area contributed by atoms with Gasteiger partial charge >= 0.3 is 0 Å². The van der Waals surface area contributed by atoms with Gasteiger partial charge in [0.15, 0.2) is 0 Å². The standard InChI is InChI=1S/C19H25N3O2S/c20-18-9-4-8-17(12-18)15-25(23,24)21-19-10-5-11-22(14-19)13-16-6-2-1-3-7-16/h1-4,6-9,12,19,21H,5,10-11,13-15,20H2. The van der Waals surface area contributed by atoms with Crippen molar-refractivity contribution in [2.24, 2.45) is 0 Å². The molecular formula is C19H25N3O2S. The van der Waals surface area contributed by atoms with Crippen LogP contribution in [0.4, 0.5) is 5.69 Å². The Balaban J connectivity index is 1.58. The highest BCUT2D eigenvalue weighted by atomic mass is 32.2. The van der Waals surface area contributed by atoms with E-state index in [1.807, 2.05) is 18.2 Å². The largest absolute Gasteiger partial charge is 0.399 e. The second kappa shape index (κ2) is 7.99. The molecule has 0 bridgehead atoms. The molecule has 3 N–H and O–H groups in total. The van der Waals surface area contributed by atoms with Gasteiger partial charge in [0.2, 0.25) is 10.0 Å². The molecule has 1 saturated heterocycles. The van der Waals surface area contributed by atoms with Crippen molar-refractivity contribution >= 4 is 15.7 Å². The van der Waals surface area contributed by atoms with Crippen LogP contribution in [0, 0.1) is 0 Å². The van der Waals surface area contributed by atoms with E-state index < -0.39 is 10.0 Å². The first-order valence-electron chi connectivity index (χ1n) is 8.61. The predicted molar refractivity (Wildman–Crippen MR) is 101 cm³/mol. The molecule has 2 aromatic rings. The van der Waals surface area contributed by atoms with Gasteiger partial charge < -0.3 is 5.73 Å². The zero-order valence-corrected chi connectivity index (χ0v) is 15.1. The number of benzene rings is 2. The maximum Gasteiger partial charge on any atom is 0.216 e. The molecule has 1 aliphatic rings. The van der Waals surface area contributed by atoms with Crippen LogP contribution < -0.4 is 10.5 Å². The summed E-state index contributed by atoms with van der Waals surface area (Å²) in [4.78, 5) is 2.31. The van der Waals surface area contributed by atoms with E-state index in [0.717, 1.165) is 32.5 Å². The van der Waals surface area contributed by atoms with Crippen LogP contribution in [0.5, 0.6) is 0 Å². The minimum atomic E-state index is -3.38. The normalized spacial score (nSPS) is 19.0. The SMILES string of the molecule is Nc1cccc(CS(=O)(=O)NC2CCCN(Cc3ccccc3)C2)c1. The highest BCUT2D eigenvalue weighted by Gasteiger charge is 2.24. The van der Waals surface area contributed by atoms with Crippen LogP contribution in [0.25, 0.3) is 0 Å². The Morgan fingerprint density at radius 3 is 2.60 bits per heavy atom. The minimum absolute atomic E-state index is 0.0345. The lowest BCUT2D eigenvalue weighted by Gasteiger charge is -2.33. The fourth-order valence-electron chi connectivity index (χ4n) is 3.33. The van der Waals surface area contributed by atoms with Crippen LogP contribution >= 0.6 is 0 Å². The van der Waals surface area contributed by atoms with Crippen molar-refractivity contribution in [1.29, 1.82) is 0 Å². The van der Waals surface area contributed by atoms with Crippen LogP contribution in [0.1, 0.15) is 24.0 Å². The Morgan fingerprint density at radius 1 is 1.08 bits per heavy atom. The van der Waals surface area contributed by atoms with Gasteiger partial charge in [-0.1, -0.05) is 42.5 Å². The maximum absolute atomic E-state index is 12.5. The number of anilines is 1. The third kappa shape index (κ3) is 5.56. The molecule has 1 atom stereocenters. The van der Waals surface area contributed by atoms with E-state index in [2.05, 4.69) is 21.8 Å². The quantitative estimate of drug-likeness (QED) is 0.777. The summed E-state index contributed by atoms with van der Waals surface area (Å²) in [6.45, 7) is 2.60. The molecule has 0 saturated carbocycles. The van der Waals surface area contributed by atoms with Gasteiger partial charge in [0, 0.05) is 24.8 Å². The van der Waals surface area contributed by atoms with Gasteiger partial charge in [0.25, 0.3) is 0 Å². The first-order chi connectivity index (χ1) is 12.0. The lowest BCUT2D eigenvalue weighted by Crippen LogP contribution is -2.47. The molecule has 1 heterocycles. The fraction of sp³-hybridized carbons (Fsp3) is 0.368. The van der Waals surface area contributed by atoms with Gasteiger partial charge in [-0.15, -0.1) is 0 Å². The van der Waals surface area contributed by atoms with Crippen molar-refractivity contribution in [1.82, 2.24) is 9.62 Å². The molecule has 0 spiro atoms. The molecule has 3 rings (SSSR count). The number of piperidine rings is 1. The number of sulfonamides is 1. The Kier molecular flexibility index (Phi) is 5.73. The molecule has 25 heavy (non-hydrogen) atoms. The second-order valence-corrected chi connectivity index (χ2v) is 8.44. The summed E-state index contributed by atoms with van der Waals surface area (Å²) in [7, 11) is -3.38. The zero-order valence-electron chi connectivity index (χ0n) is 14.3. The predicted octanol–water partition coefficient (Wildman–Crippen LogP) is 2.35. The molecule has 0 amide bonds. The number of nitrogens with one attached hydrogen (secondary N) is 1. The number of hydrogen-bond donors (Lipinski definition) is 2. The summed E-state index contributed by atoms with van der Waals surface area (Å²) in [5.41, 5.74) is 8.28. The molecule has 0 aliphatic carbocycles. The first-order valence-corrected chi connectivity index (χ1v) is 10.3. The van der Waals surface area contributed by atoms with Crippen molar-refractivity contribution in [2.45, 2.75) is 31.2 Å². The molecule has 1 unspecified atom stereocenters. The smallest absolute Gasteiger partial charge is 0.216 e. The first kappa shape index (κ1) is 17.9. The number of rotatable bonds is 6. The maximum atomic E-state index is 12.5. The molecule has 0 radical (unpaired) electrons. The van der Waals surface area contributed by atoms with E-state index in [1.54, 1.807) is 24.3 Å². The van der Waals surface area contributed by atoms with Crippen molar-refractivity contribution in [3.63, 3.8) is 0 Å². The Morgan fingerprint density at radius 2 is 1.84 bits per heavy atom. The van der Waals surface area contributed by atoms with E-state index >= 15 is 0 Å². The Bertz CT molecular complexity index is 793. The van der Waals surface area contributed by atoms with Crippen molar-refractivity contribution in [3.05, 3.63) is 65.7 Å². The van der Waals surface area contributed by atoms with E-state index in [1.165, 1.54) is 5.56 Å². The average Bonchev–Trinajstić information content (AvgIpc) is 2.55. The number of hydrogen-bond acceptors (Lipinski definition) is 4. The molecular weight excluding hydrogens is 334 g/mol. The van der Waals surface area contributed by atoms with Crippen molar-refractivity contribution in [3.8, 4) is 0 Å². The molecule has 2 aromatic carbocycles. The molecule has 6 heteroatoms. The van der Waals surface area contributed by atoms with Gasteiger partial charge in [0.05, 0.1) is 5.75 Å². The van der Waals surface area contributed by atoms with Crippen molar-refractivity contribution in [2.75, 3.05) is 18.8 Å². The van der Waals surface area contributed by atoms with Crippen LogP contribution in [0.2, 0.25) is 0 Å². The van der Waals surface area contributed by atoms with Gasteiger partial charge in [-0.2, -0.15) is 0 Å². The number of nitrogens with zero attached hydrogens (tertiary/aromatic N) is 1. The van der Waals surface area contributed by atoms with E-state index in [-0.39, 0.29) is 11.8 Å². The van der Waals surface area contributed by atoms with E-state index in [4.69, 9.17) is 5.73 Å². The highest BCUT2D eigenvalue weighted by molar-refractivity contribution is 7.88. The fourth-order valence-corrected chi connectivity index (χ4v) is 4.74. The topological polar surface area (TPSA) is 75.4 Å². The second-order valence-electron chi connectivity index (χ2n) is 6.68. The number of nitrogens with two attached hydrogens (primary N) is 1. The highest BCUT2D eigenvalue weighted by Crippen LogP contribution is 2.16. The molecule has 1 fully saturated rings. The third-order valence-electron chi connectivity index (χ3n) is 4.41. The summed E-state index contributed by atoms with van der Waals surface area (Å²) in [5, 5.41) is 0. The lowest BCUT2D eigenvalue weighted by molar-refractivity contribution is 0.194. The monoisotopic (exact) mass is 359 g/mol. The number of nitrogen functional groups attached to an aromatic ring is 1. The molecule has 1 aliphatic heterocycles. The van der Waals surface area contributed by atoms with Gasteiger partial charge in [-0.25, -0.2) is 13.1 Å². The molecule has 0 aromatic heterocycles. The zero-order chi connectivity index (χ0) is 17.7. The summed E-state index contributed by atoms with van der Waals surface area (Å²) in [6, 6.07) is 17.3. The van der Waals surface area contributed by atoms with Crippen molar-refractivity contribution < 1.29 is 8.42 Å². The average molecular weight is 359 g/mol. The minimum Gasteiger partial charge on any atom is -0.399 e. The van der Waals surface area contributed by atoms with Crippen LogP contribution in [-0.2, 0) is 22.3 Å². The Labute approximate surface area is 149 Å². The molecule has 5 nitrogen and oxygen atoms in total. The third-order valence-corrected chi connectivity index (χ3v) is 5.81. The van der Waals surface area contributed by atoms with Crippen LogP contribution in [-0.4, -0.2) is 32.4 Å². The Hall–Kier alpha value is -1.89. The van der Waals surface area contributed by atoms with Gasteiger partial charge in [-0.05, 0) is 42.6 Å². The summed E-state index contributed by atoms with van der Waals surface area (Å²) < 4.78 is 27.8. The summed E-state index contributed by atoms with van der Waals surface area (Å²) in [5.74, 6) is -0.0345. The van der Waals surface area contributed by atoms with Crippen LogP contribution in [0.15, 0.2) is 54.6 Å². The number of likely N-dealkylation sites (tertiary alicyclic amines) is 1. The van der Waals surface area contributed by atoms with E-state index in [0.29, 0.717) is 11.3 Å². The lowest BCUT2D eigenvalue weighted by atomic mass is 10.1. The molecule has 134 valence electrons. The van der Waals surface area contributed by atoms with Gasteiger partial charge in [0.1, 0.15) is 0 Å².